The van der Waals surface area contributed by atoms with Crippen molar-refractivity contribution in [2.75, 3.05) is 0 Å². The van der Waals surface area contributed by atoms with Gasteiger partial charge in [-0.2, -0.15) is 0 Å². The molecule has 2 rings (SSSR count). The van der Waals surface area contributed by atoms with Gasteiger partial charge in [-0.3, -0.25) is 4.79 Å². The summed E-state index contributed by atoms with van der Waals surface area (Å²) in [6, 6.07) is 0.0156. The molecule has 2 fully saturated rings. The zero-order valence-electron chi connectivity index (χ0n) is 10.1. The van der Waals surface area contributed by atoms with E-state index in [1.807, 2.05) is 0 Å². The third-order valence-corrected chi connectivity index (χ3v) is 3.18. The normalized spacial score (nSPS) is 28.7. The molecule has 5 heteroatoms. The molecule has 0 unspecified atom stereocenters. The Hall–Kier alpha value is -1.52. The fourth-order valence-corrected chi connectivity index (χ4v) is 2.48. The van der Waals surface area contributed by atoms with Crippen LogP contribution in [0.4, 0.5) is 4.79 Å². The lowest BCUT2D eigenvalue weighted by Gasteiger charge is -2.28. The summed E-state index contributed by atoms with van der Waals surface area (Å²) in [5, 5.41) is 0. The van der Waals surface area contributed by atoms with E-state index in [1.54, 1.807) is 13.0 Å². The van der Waals surface area contributed by atoms with E-state index in [1.165, 1.54) is 11.8 Å². The van der Waals surface area contributed by atoms with Crippen LogP contribution in [-0.2, 0) is 14.3 Å². The van der Waals surface area contributed by atoms with E-state index in [4.69, 9.17) is 9.47 Å². The number of rotatable bonds is 2. The number of carbonyl (C=O) groups excluding carboxylic acids is 2. The van der Waals surface area contributed by atoms with Crippen molar-refractivity contribution >= 4 is 12.1 Å². The Kier molecular flexibility index (Phi) is 3.36. The molecular formula is C12H17NO4. The highest BCUT2D eigenvalue weighted by molar-refractivity contribution is 5.74. The summed E-state index contributed by atoms with van der Waals surface area (Å²) in [7, 11) is 0. The zero-order valence-corrected chi connectivity index (χ0v) is 10.1. The van der Waals surface area contributed by atoms with Gasteiger partial charge in [-0.25, -0.2) is 9.69 Å². The Bertz CT molecular complexity index is 364. The first-order valence-corrected chi connectivity index (χ1v) is 5.98. The number of hydrogen-bond acceptors (Lipinski definition) is 4. The van der Waals surface area contributed by atoms with Gasteiger partial charge < -0.3 is 9.47 Å². The summed E-state index contributed by atoms with van der Waals surface area (Å²) in [6.45, 7) is 3.06. The molecule has 94 valence electrons. The Balaban J connectivity index is 2.17. The fourth-order valence-electron chi connectivity index (χ4n) is 2.48. The standard InChI is InChI=1S/C12H17NO4/c1-3-11(16-8(2)14)13-9-6-4-5-7-10(9)17-12(13)15/h3,9-10H,4-7H2,1-2H3/b11-3-/t9-,10-/m0/s1. The van der Waals surface area contributed by atoms with Gasteiger partial charge >= 0.3 is 12.1 Å². The molecule has 0 N–H and O–H groups in total. The van der Waals surface area contributed by atoms with E-state index < -0.39 is 12.1 Å². The molecule has 1 aliphatic heterocycles. The Morgan fingerprint density at radius 3 is 2.82 bits per heavy atom. The van der Waals surface area contributed by atoms with Crippen molar-refractivity contribution in [1.29, 1.82) is 0 Å². The summed E-state index contributed by atoms with van der Waals surface area (Å²) in [5.41, 5.74) is 0. The second-order valence-corrected chi connectivity index (χ2v) is 4.36. The molecule has 1 saturated carbocycles. The third-order valence-electron chi connectivity index (χ3n) is 3.18. The van der Waals surface area contributed by atoms with E-state index in [-0.39, 0.29) is 18.0 Å². The SMILES string of the molecule is C/C=C(\OC(C)=O)N1C(=O)O[C@H]2CCCC[C@@H]21. The van der Waals surface area contributed by atoms with E-state index in [0.717, 1.165) is 25.7 Å². The maximum absolute atomic E-state index is 11.8. The average molecular weight is 239 g/mol. The minimum absolute atomic E-state index is 0.0156. The van der Waals surface area contributed by atoms with Gasteiger partial charge in [0.05, 0.1) is 6.04 Å². The maximum Gasteiger partial charge on any atom is 0.417 e. The van der Waals surface area contributed by atoms with E-state index >= 15 is 0 Å². The predicted molar refractivity (Wildman–Crippen MR) is 59.9 cm³/mol. The minimum Gasteiger partial charge on any atom is -0.444 e. The summed E-state index contributed by atoms with van der Waals surface area (Å²) in [6.07, 6.45) is 5.11. The van der Waals surface area contributed by atoms with Gasteiger partial charge in [-0.15, -0.1) is 0 Å². The molecule has 0 spiro atoms. The van der Waals surface area contributed by atoms with Crippen molar-refractivity contribution in [1.82, 2.24) is 4.90 Å². The number of fused-ring (bicyclic) bond motifs is 1. The lowest BCUT2D eigenvalue weighted by Crippen LogP contribution is -2.38. The summed E-state index contributed by atoms with van der Waals surface area (Å²) in [4.78, 5) is 24.3. The monoisotopic (exact) mass is 239 g/mol. The summed E-state index contributed by atoms with van der Waals surface area (Å²) >= 11 is 0. The van der Waals surface area contributed by atoms with Crippen molar-refractivity contribution in [3.05, 3.63) is 12.0 Å². The van der Waals surface area contributed by atoms with Crippen LogP contribution in [0.15, 0.2) is 12.0 Å². The summed E-state index contributed by atoms with van der Waals surface area (Å²) in [5.74, 6) is -0.137. The topological polar surface area (TPSA) is 55.8 Å². The number of nitrogens with zero attached hydrogens (tertiary/aromatic N) is 1. The van der Waals surface area contributed by atoms with Gasteiger partial charge in [0.25, 0.3) is 0 Å². The van der Waals surface area contributed by atoms with Crippen molar-refractivity contribution in [2.24, 2.45) is 0 Å². The minimum atomic E-state index is -0.426. The fraction of sp³-hybridized carbons (Fsp3) is 0.667. The van der Waals surface area contributed by atoms with Crippen LogP contribution in [0.3, 0.4) is 0 Å². The van der Waals surface area contributed by atoms with Crippen LogP contribution in [0.1, 0.15) is 39.5 Å². The van der Waals surface area contributed by atoms with E-state index in [2.05, 4.69) is 0 Å². The number of esters is 1. The van der Waals surface area contributed by atoms with Crippen molar-refractivity contribution < 1.29 is 19.1 Å². The molecular weight excluding hydrogens is 222 g/mol. The Morgan fingerprint density at radius 1 is 1.47 bits per heavy atom. The number of allylic oxidation sites excluding steroid dienone is 1. The smallest absolute Gasteiger partial charge is 0.417 e. The highest BCUT2D eigenvalue weighted by Crippen LogP contribution is 2.34. The lowest BCUT2D eigenvalue weighted by molar-refractivity contribution is -0.139. The molecule has 1 amide bonds. The highest BCUT2D eigenvalue weighted by Gasteiger charge is 2.45. The van der Waals surface area contributed by atoms with Crippen molar-refractivity contribution in [2.45, 2.75) is 51.7 Å². The molecule has 0 bridgehead atoms. The van der Waals surface area contributed by atoms with Crippen LogP contribution in [0.2, 0.25) is 0 Å². The number of ether oxygens (including phenoxy) is 2. The van der Waals surface area contributed by atoms with E-state index in [9.17, 15) is 9.59 Å². The van der Waals surface area contributed by atoms with Crippen LogP contribution in [-0.4, -0.2) is 29.1 Å². The quantitative estimate of drug-likeness (QED) is 0.547. The lowest BCUT2D eigenvalue weighted by atomic mass is 9.92. The molecule has 17 heavy (non-hydrogen) atoms. The van der Waals surface area contributed by atoms with Crippen LogP contribution in [0.25, 0.3) is 0 Å². The van der Waals surface area contributed by atoms with Gasteiger partial charge in [0, 0.05) is 6.92 Å². The van der Waals surface area contributed by atoms with Crippen LogP contribution in [0, 0.1) is 0 Å². The summed E-state index contributed by atoms with van der Waals surface area (Å²) < 4.78 is 10.3. The largest absolute Gasteiger partial charge is 0.444 e. The van der Waals surface area contributed by atoms with Gasteiger partial charge in [-0.05, 0) is 32.3 Å². The predicted octanol–water partition coefficient (Wildman–Crippen LogP) is 2.17. The van der Waals surface area contributed by atoms with E-state index in [0.29, 0.717) is 0 Å². The van der Waals surface area contributed by atoms with Crippen molar-refractivity contribution in [3.63, 3.8) is 0 Å². The average Bonchev–Trinajstić information content (AvgIpc) is 2.62. The second-order valence-electron chi connectivity index (χ2n) is 4.36. The zero-order chi connectivity index (χ0) is 12.4. The molecule has 1 heterocycles. The molecule has 1 saturated heterocycles. The first kappa shape index (κ1) is 12.0. The molecule has 0 aromatic heterocycles. The van der Waals surface area contributed by atoms with Crippen LogP contribution >= 0.6 is 0 Å². The molecule has 0 aromatic rings. The Morgan fingerprint density at radius 2 is 2.18 bits per heavy atom. The van der Waals surface area contributed by atoms with Crippen molar-refractivity contribution in [3.8, 4) is 0 Å². The second kappa shape index (κ2) is 4.77. The van der Waals surface area contributed by atoms with Gasteiger partial charge in [0.2, 0.25) is 5.88 Å². The van der Waals surface area contributed by atoms with Gasteiger partial charge in [0.15, 0.2) is 0 Å². The van der Waals surface area contributed by atoms with Gasteiger partial charge in [-0.1, -0.05) is 6.42 Å². The van der Waals surface area contributed by atoms with Gasteiger partial charge in [0.1, 0.15) is 6.10 Å². The molecule has 2 atom stereocenters. The highest BCUT2D eigenvalue weighted by atomic mass is 16.6. The molecule has 0 radical (unpaired) electrons. The third kappa shape index (κ3) is 2.28. The molecule has 0 aromatic carbocycles. The Labute approximate surface area is 100 Å². The van der Waals surface area contributed by atoms with Crippen LogP contribution in [0.5, 0.6) is 0 Å². The maximum atomic E-state index is 11.8. The first-order chi connectivity index (χ1) is 8.13. The molecule has 5 nitrogen and oxygen atoms in total. The molecule has 1 aliphatic carbocycles. The van der Waals surface area contributed by atoms with Crippen LogP contribution < -0.4 is 0 Å². The number of amides is 1. The number of hydrogen-bond donors (Lipinski definition) is 0. The molecule has 2 aliphatic rings. The first-order valence-electron chi connectivity index (χ1n) is 5.98. The number of carbonyl (C=O) groups is 2.